The highest BCUT2D eigenvalue weighted by molar-refractivity contribution is 6.31. The van der Waals surface area contributed by atoms with Gasteiger partial charge in [-0.05, 0) is 42.0 Å². The van der Waals surface area contributed by atoms with E-state index in [9.17, 15) is 5.11 Å². The molecular formula is C16H13ClO3. The van der Waals surface area contributed by atoms with Crippen LogP contribution in [0, 0.1) is 0 Å². The summed E-state index contributed by atoms with van der Waals surface area (Å²) in [4.78, 5) is 0. The van der Waals surface area contributed by atoms with E-state index in [1.807, 2.05) is 24.3 Å². The second-order valence-corrected chi connectivity index (χ2v) is 4.95. The molecule has 1 aromatic heterocycles. The number of aliphatic hydroxyl groups excluding tert-OH is 1. The zero-order valence-corrected chi connectivity index (χ0v) is 11.6. The fraction of sp³-hybridized carbons (Fsp3) is 0.125. The van der Waals surface area contributed by atoms with Crippen molar-refractivity contribution in [2.75, 3.05) is 7.11 Å². The predicted molar refractivity (Wildman–Crippen MR) is 78.3 cm³/mol. The Morgan fingerprint density at radius 2 is 2.00 bits per heavy atom. The summed E-state index contributed by atoms with van der Waals surface area (Å²) in [5.41, 5.74) is 1.42. The molecule has 0 aliphatic carbocycles. The molecule has 3 rings (SSSR count). The largest absolute Gasteiger partial charge is 0.497 e. The van der Waals surface area contributed by atoms with E-state index in [0.717, 1.165) is 10.9 Å². The van der Waals surface area contributed by atoms with E-state index in [4.69, 9.17) is 20.8 Å². The van der Waals surface area contributed by atoms with Gasteiger partial charge in [-0.25, -0.2) is 0 Å². The Bertz CT molecular complexity index is 748. The van der Waals surface area contributed by atoms with Gasteiger partial charge >= 0.3 is 0 Å². The first-order valence-electron chi connectivity index (χ1n) is 6.18. The molecule has 3 aromatic rings. The van der Waals surface area contributed by atoms with Gasteiger partial charge in [0.1, 0.15) is 23.2 Å². The second kappa shape index (κ2) is 5.19. The van der Waals surface area contributed by atoms with Crippen LogP contribution in [-0.2, 0) is 0 Å². The number of benzene rings is 2. The molecule has 1 unspecified atom stereocenters. The average Bonchev–Trinajstić information content (AvgIpc) is 2.89. The zero-order valence-electron chi connectivity index (χ0n) is 10.8. The maximum Gasteiger partial charge on any atom is 0.138 e. The van der Waals surface area contributed by atoms with Crippen LogP contribution in [-0.4, -0.2) is 12.2 Å². The highest BCUT2D eigenvalue weighted by atomic mass is 35.5. The summed E-state index contributed by atoms with van der Waals surface area (Å²) in [6.45, 7) is 0. The standard InChI is InChI=1S/C16H13ClO3/c1-19-13-4-2-3-10(8-13)16(18)15-9-11-7-12(17)5-6-14(11)20-15/h2-9,16,18H,1H3. The molecular weight excluding hydrogens is 276 g/mol. The zero-order chi connectivity index (χ0) is 14.1. The molecule has 0 aliphatic rings. The van der Waals surface area contributed by atoms with Crippen molar-refractivity contribution in [3.05, 3.63) is 64.9 Å². The van der Waals surface area contributed by atoms with Crippen molar-refractivity contribution in [1.82, 2.24) is 0 Å². The van der Waals surface area contributed by atoms with Gasteiger partial charge in [0.05, 0.1) is 7.11 Å². The quantitative estimate of drug-likeness (QED) is 0.786. The first-order valence-corrected chi connectivity index (χ1v) is 6.56. The summed E-state index contributed by atoms with van der Waals surface area (Å²) in [5, 5.41) is 11.9. The van der Waals surface area contributed by atoms with E-state index in [1.54, 1.807) is 31.4 Å². The minimum atomic E-state index is -0.837. The molecule has 0 saturated carbocycles. The molecule has 0 aliphatic heterocycles. The molecule has 0 spiro atoms. The number of hydrogen-bond acceptors (Lipinski definition) is 3. The summed E-state index contributed by atoms with van der Waals surface area (Å²) < 4.78 is 10.8. The number of aliphatic hydroxyl groups is 1. The van der Waals surface area contributed by atoms with Crippen molar-refractivity contribution < 1.29 is 14.3 Å². The third kappa shape index (κ3) is 2.38. The number of halogens is 1. The Balaban J connectivity index is 2.00. The van der Waals surface area contributed by atoms with Crippen molar-refractivity contribution >= 4 is 22.6 Å². The lowest BCUT2D eigenvalue weighted by molar-refractivity contribution is 0.192. The van der Waals surface area contributed by atoms with Crippen LogP contribution >= 0.6 is 11.6 Å². The maximum atomic E-state index is 10.4. The number of methoxy groups -OCH3 is 1. The van der Waals surface area contributed by atoms with Gasteiger partial charge in [-0.3, -0.25) is 0 Å². The third-order valence-corrected chi connectivity index (χ3v) is 3.41. The Kier molecular flexibility index (Phi) is 3.38. The van der Waals surface area contributed by atoms with Crippen LogP contribution in [0.4, 0.5) is 0 Å². The first-order chi connectivity index (χ1) is 9.67. The molecule has 102 valence electrons. The van der Waals surface area contributed by atoms with Crippen molar-refractivity contribution in [1.29, 1.82) is 0 Å². The average molecular weight is 289 g/mol. The van der Waals surface area contributed by atoms with Crippen molar-refractivity contribution in [2.24, 2.45) is 0 Å². The molecule has 0 radical (unpaired) electrons. The van der Waals surface area contributed by atoms with Crippen LogP contribution in [0.25, 0.3) is 11.0 Å². The molecule has 1 atom stereocenters. The minimum absolute atomic E-state index is 0.482. The lowest BCUT2D eigenvalue weighted by Gasteiger charge is -2.09. The summed E-state index contributed by atoms with van der Waals surface area (Å²) in [5.74, 6) is 1.18. The topological polar surface area (TPSA) is 42.6 Å². The molecule has 1 N–H and O–H groups in total. The summed E-state index contributed by atoms with van der Waals surface area (Å²) in [7, 11) is 1.59. The molecule has 0 bridgehead atoms. The van der Waals surface area contributed by atoms with Gasteiger partial charge in [-0.2, -0.15) is 0 Å². The van der Waals surface area contributed by atoms with Crippen LogP contribution in [0.15, 0.2) is 52.9 Å². The Morgan fingerprint density at radius 1 is 1.15 bits per heavy atom. The van der Waals surface area contributed by atoms with Gasteiger partial charge in [-0.1, -0.05) is 23.7 Å². The highest BCUT2D eigenvalue weighted by Crippen LogP contribution is 2.30. The van der Waals surface area contributed by atoms with Crippen LogP contribution in [0.2, 0.25) is 5.02 Å². The van der Waals surface area contributed by atoms with Crippen molar-refractivity contribution in [2.45, 2.75) is 6.10 Å². The fourth-order valence-electron chi connectivity index (χ4n) is 2.15. The SMILES string of the molecule is COc1cccc(C(O)c2cc3cc(Cl)ccc3o2)c1. The van der Waals surface area contributed by atoms with Crippen LogP contribution in [0.3, 0.4) is 0 Å². The number of rotatable bonds is 3. The lowest BCUT2D eigenvalue weighted by atomic mass is 10.1. The first kappa shape index (κ1) is 13.0. The van der Waals surface area contributed by atoms with E-state index in [0.29, 0.717) is 22.1 Å². The van der Waals surface area contributed by atoms with Gasteiger partial charge in [-0.15, -0.1) is 0 Å². The minimum Gasteiger partial charge on any atom is -0.497 e. The van der Waals surface area contributed by atoms with Crippen LogP contribution in [0.1, 0.15) is 17.4 Å². The third-order valence-electron chi connectivity index (χ3n) is 3.18. The smallest absolute Gasteiger partial charge is 0.138 e. The van der Waals surface area contributed by atoms with Crippen LogP contribution in [0.5, 0.6) is 5.75 Å². The molecule has 20 heavy (non-hydrogen) atoms. The van der Waals surface area contributed by atoms with Crippen molar-refractivity contribution in [3.63, 3.8) is 0 Å². The van der Waals surface area contributed by atoms with E-state index in [2.05, 4.69) is 0 Å². The molecule has 3 nitrogen and oxygen atoms in total. The van der Waals surface area contributed by atoms with Gasteiger partial charge in [0.2, 0.25) is 0 Å². The Morgan fingerprint density at radius 3 is 2.80 bits per heavy atom. The molecule has 1 heterocycles. The second-order valence-electron chi connectivity index (χ2n) is 4.51. The van der Waals surface area contributed by atoms with Crippen molar-refractivity contribution in [3.8, 4) is 5.75 Å². The van der Waals surface area contributed by atoms with Gasteiger partial charge in [0.15, 0.2) is 0 Å². The van der Waals surface area contributed by atoms with E-state index < -0.39 is 6.10 Å². The normalized spacial score (nSPS) is 12.6. The molecule has 2 aromatic carbocycles. The lowest BCUT2D eigenvalue weighted by Crippen LogP contribution is -1.98. The predicted octanol–water partition coefficient (Wildman–Crippen LogP) is 4.18. The number of hydrogen-bond donors (Lipinski definition) is 1. The number of ether oxygens (including phenoxy) is 1. The van der Waals surface area contributed by atoms with Gasteiger partial charge < -0.3 is 14.3 Å². The van der Waals surface area contributed by atoms with Crippen LogP contribution < -0.4 is 4.74 Å². The maximum absolute atomic E-state index is 10.4. The summed E-state index contributed by atoms with van der Waals surface area (Å²) in [6.07, 6.45) is -0.837. The molecule has 0 amide bonds. The molecule has 0 fully saturated rings. The Labute approximate surface area is 121 Å². The summed E-state index contributed by atoms with van der Waals surface area (Å²) >= 11 is 5.94. The van der Waals surface area contributed by atoms with E-state index >= 15 is 0 Å². The number of fused-ring (bicyclic) bond motifs is 1. The Hall–Kier alpha value is -1.97. The highest BCUT2D eigenvalue weighted by Gasteiger charge is 2.16. The number of furan rings is 1. The van der Waals surface area contributed by atoms with Gasteiger partial charge in [0.25, 0.3) is 0 Å². The fourth-order valence-corrected chi connectivity index (χ4v) is 2.33. The van der Waals surface area contributed by atoms with E-state index in [-0.39, 0.29) is 0 Å². The summed E-state index contributed by atoms with van der Waals surface area (Å²) in [6, 6.07) is 14.4. The van der Waals surface area contributed by atoms with E-state index in [1.165, 1.54) is 0 Å². The molecule has 0 saturated heterocycles. The molecule has 4 heteroatoms. The monoisotopic (exact) mass is 288 g/mol. The van der Waals surface area contributed by atoms with Gasteiger partial charge in [0, 0.05) is 10.4 Å².